The molecule has 1 atom stereocenters. The van der Waals surface area contributed by atoms with Crippen LogP contribution in [0.4, 0.5) is 8.78 Å². The van der Waals surface area contributed by atoms with Gasteiger partial charge in [0.05, 0.1) is 12.7 Å². The molecule has 0 spiro atoms. The van der Waals surface area contributed by atoms with Crippen LogP contribution in [0.15, 0.2) is 18.2 Å². The second kappa shape index (κ2) is 5.08. The second-order valence-electron chi connectivity index (χ2n) is 3.65. The number of hydrogen-bond acceptors (Lipinski definition) is 2. The van der Waals surface area contributed by atoms with Crippen LogP contribution in [-0.2, 0) is 4.74 Å². The van der Waals surface area contributed by atoms with Crippen LogP contribution in [0, 0.1) is 0 Å². The van der Waals surface area contributed by atoms with Gasteiger partial charge in [0.25, 0.3) is 6.43 Å². The normalized spacial score (nSPS) is 21.4. The molecule has 0 radical (unpaired) electrons. The first-order valence-electron chi connectivity index (χ1n) is 5.08. The molecular weight excluding hydrogens is 236 g/mol. The lowest BCUT2D eigenvalue weighted by Crippen LogP contribution is -2.33. The summed E-state index contributed by atoms with van der Waals surface area (Å²) in [5, 5.41) is 3.51. The molecule has 88 valence electrons. The predicted octanol–water partition coefficient (Wildman–Crippen LogP) is 2.94. The van der Waals surface area contributed by atoms with Crippen LogP contribution in [0.25, 0.3) is 0 Å². The third kappa shape index (κ3) is 2.51. The highest BCUT2D eigenvalue weighted by molar-refractivity contribution is 6.31. The van der Waals surface area contributed by atoms with Crippen LogP contribution < -0.4 is 5.32 Å². The van der Waals surface area contributed by atoms with Gasteiger partial charge < -0.3 is 10.1 Å². The lowest BCUT2D eigenvalue weighted by Gasteiger charge is -2.24. The number of benzene rings is 1. The van der Waals surface area contributed by atoms with Crippen molar-refractivity contribution in [1.82, 2.24) is 5.32 Å². The molecule has 1 fully saturated rings. The van der Waals surface area contributed by atoms with Gasteiger partial charge in [-0.3, -0.25) is 0 Å². The molecule has 0 saturated carbocycles. The fourth-order valence-corrected chi connectivity index (χ4v) is 2.02. The molecule has 2 rings (SSSR count). The largest absolute Gasteiger partial charge is 0.371 e. The molecule has 2 nitrogen and oxygen atoms in total. The number of nitrogens with one attached hydrogen (secondary N) is 1. The van der Waals surface area contributed by atoms with Crippen LogP contribution in [0.5, 0.6) is 0 Å². The van der Waals surface area contributed by atoms with Crippen molar-refractivity contribution >= 4 is 11.6 Å². The van der Waals surface area contributed by atoms with E-state index in [1.807, 2.05) is 0 Å². The van der Waals surface area contributed by atoms with Gasteiger partial charge >= 0.3 is 0 Å². The number of halogens is 3. The molecule has 1 aliphatic rings. The van der Waals surface area contributed by atoms with Crippen molar-refractivity contribution in [1.29, 1.82) is 0 Å². The number of morpholine rings is 1. The Morgan fingerprint density at radius 1 is 1.44 bits per heavy atom. The van der Waals surface area contributed by atoms with Crippen molar-refractivity contribution < 1.29 is 13.5 Å². The minimum Gasteiger partial charge on any atom is -0.371 e. The molecule has 0 aromatic heterocycles. The van der Waals surface area contributed by atoms with Gasteiger partial charge in [-0.25, -0.2) is 8.78 Å². The molecule has 5 heteroatoms. The Labute approximate surface area is 97.5 Å². The predicted molar refractivity (Wildman–Crippen MR) is 58.0 cm³/mol. The van der Waals surface area contributed by atoms with Gasteiger partial charge in [0.15, 0.2) is 0 Å². The highest BCUT2D eigenvalue weighted by atomic mass is 35.5. The van der Waals surface area contributed by atoms with Crippen LogP contribution >= 0.6 is 11.6 Å². The summed E-state index contributed by atoms with van der Waals surface area (Å²) in [6.45, 7) is 2.08. The fourth-order valence-electron chi connectivity index (χ4n) is 1.71. The van der Waals surface area contributed by atoms with Gasteiger partial charge in [0.1, 0.15) is 0 Å². The van der Waals surface area contributed by atoms with Crippen molar-refractivity contribution in [2.45, 2.75) is 12.5 Å². The average Bonchev–Trinajstić information content (AvgIpc) is 2.30. The smallest absolute Gasteiger partial charge is 0.263 e. The summed E-state index contributed by atoms with van der Waals surface area (Å²) < 4.78 is 30.3. The van der Waals surface area contributed by atoms with E-state index in [9.17, 15) is 8.78 Å². The third-order valence-electron chi connectivity index (χ3n) is 2.55. The fraction of sp³-hybridized carbons (Fsp3) is 0.455. The zero-order chi connectivity index (χ0) is 11.5. The molecule has 1 aromatic rings. The molecule has 1 aliphatic heterocycles. The lowest BCUT2D eigenvalue weighted by molar-refractivity contribution is 0.0277. The van der Waals surface area contributed by atoms with E-state index in [2.05, 4.69) is 5.32 Å². The summed E-state index contributed by atoms with van der Waals surface area (Å²) in [5.74, 6) is 0. The summed E-state index contributed by atoms with van der Waals surface area (Å²) in [4.78, 5) is 0. The third-order valence-corrected chi connectivity index (χ3v) is 2.88. The van der Waals surface area contributed by atoms with Crippen molar-refractivity contribution in [3.8, 4) is 0 Å². The summed E-state index contributed by atoms with van der Waals surface area (Å²) in [6, 6.07) is 4.31. The Morgan fingerprint density at radius 3 is 2.81 bits per heavy atom. The minimum atomic E-state index is -2.49. The van der Waals surface area contributed by atoms with E-state index in [-0.39, 0.29) is 11.7 Å². The molecule has 1 saturated heterocycles. The molecule has 1 unspecified atom stereocenters. The van der Waals surface area contributed by atoms with Crippen molar-refractivity contribution in [2.75, 3.05) is 19.7 Å². The summed E-state index contributed by atoms with van der Waals surface area (Å²) in [6.07, 6.45) is -2.63. The summed E-state index contributed by atoms with van der Waals surface area (Å²) in [5.41, 5.74) is 0.704. The highest BCUT2D eigenvalue weighted by Gasteiger charge is 2.19. The highest BCUT2D eigenvalue weighted by Crippen LogP contribution is 2.30. The Kier molecular flexibility index (Phi) is 3.74. The van der Waals surface area contributed by atoms with E-state index < -0.39 is 6.43 Å². The maximum Gasteiger partial charge on any atom is 0.263 e. The Bertz CT molecular complexity index is 367. The van der Waals surface area contributed by atoms with Crippen molar-refractivity contribution in [2.24, 2.45) is 0 Å². The van der Waals surface area contributed by atoms with Gasteiger partial charge in [-0.1, -0.05) is 23.7 Å². The molecular formula is C11H12ClF2NO. The maximum absolute atomic E-state index is 12.4. The van der Waals surface area contributed by atoms with Crippen LogP contribution in [0.3, 0.4) is 0 Å². The van der Waals surface area contributed by atoms with E-state index in [4.69, 9.17) is 16.3 Å². The van der Waals surface area contributed by atoms with Gasteiger partial charge in [-0.05, 0) is 6.07 Å². The second-order valence-corrected chi connectivity index (χ2v) is 4.05. The van der Waals surface area contributed by atoms with Gasteiger partial charge in [0, 0.05) is 29.2 Å². The number of alkyl halides is 2. The molecule has 0 amide bonds. The molecule has 16 heavy (non-hydrogen) atoms. The zero-order valence-corrected chi connectivity index (χ0v) is 9.31. The quantitative estimate of drug-likeness (QED) is 0.868. The van der Waals surface area contributed by atoms with E-state index >= 15 is 0 Å². The molecule has 0 aliphatic carbocycles. The number of ether oxygens (including phenoxy) is 1. The van der Waals surface area contributed by atoms with Gasteiger partial charge in [0.2, 0.25) is 0 Å². The molecule has 0 bridgehead atoms. The van der Waals surface area contributed by atoms with E-state index in [0.29, 0.717) is 18.2 Å². The number of hydrogen-bond donors (Lipinski definition) is 1. The van der Waals surface area contributed by atoms with Crippen molar-refractivity contribution in [3.63, 3.8) is 0 Å². The number of rotatable bonds is 2. The summed E-state index contributed by atoms with van der Waals surface area (Å²) >= 11 is 5.97. The first-order valence-corrected chi connectivity index (χ1v) is 5.46. The Hall–Kier alpha value is -0.710. The Morgan fingerprint density at radius 2 is 2.25 bits per heavy atom. The van der Waals surface area contributed by atoms with Crippen LogP contribution in [-0.4, -0.2) is 19.7 Å². The Balaban J connectivity index is 2.21. The maximum atomic E-state index is 12.4. The standard InChI is InChI=1S/C11H12ClF2NO/c12-9-5-7(11(13)14)1-2-8(9)10-6-15-3-4-16-10/h1-2,5,10-11,15H,3-4,6H2. The van der Waals surface area contributed by atoms with Crippen molar-refractivity contribution in [3.05, 3.63) is 34.3 Å². The van der Waals surface area contributed by atoms with Crippen LogP contribution in [0.2, 0.25) is 5.02 Å². The average molecular weight is 248 g/mol. The molecule has 1 N–H and O–H groups in total. The molecule has 1 heterocycles. The minimum absolute atomic E-state index is 0.0579. The monoisotopic (exact) mass is 247 g/mol. The first kappa shape index (κ1) is 11.8. The zero-order valence-electron chi connectivity index (χ0n) is 8.55. The van der Waals surface area contributed by atoms with E-state index in [1.54, 1.807) is 6.07 Å². The van der Waals surface area contributed by atoms with Crippen LogP contribution in [0.1, 0.15) is 23.7 Å². The SMILES string of the molecule is FC(F)c1ccc(C2CNCCO2)c(Cl)c1. The van der Waals surface area contributed by atoms with E-state index in [1.165, 1.54) is 12.1 Å². The summed E-state index contributed by atoms with van der Waals surface area (Å²) in [7, 11) is 0. The first-order chi connectivity index (χ1) is 7.68. The lowest BCUT2D eigenvalue weighted by atomic mass is 10.1. The topological polar surface area (TPSA) is 21.3 Å². The van der Waals surface area contributed by atoms with Gasteiger partial charge in [-0.15, -0.1) is 0 Å². The molecule has 1 aromatic carbocycles. The van der Waals surface area contributed by atoms with Gasteiger partial charge in [-0.2, -0.15) is 0 Å². The van der Waals surface area contributed by atoms with E-state index in [0.717, 1.165) is 12.1 Å².